The van der Waals surface area contributed by atoms with E-state index >= 15 is 0 Å². The molecule has 84 valence electrons. The number of rotatable bonds is 3. The van der Waals surface area contributed by atoms with Gasteiger partial charge in [-0.25, -0.2) is 4.98 Å². The maximum atomic E-state index is 9.09. The van der Waals surface area contributed by atoms with E-state index in [4.69, 9.17) is 10.8 Å². The molecule has 2 rings (SSSR count). The van der Waals surface area contributed by atoms with E-state index in [1.807, 2.05) is 6.33 Å². The number of aliphatic hydroxyl groups is 1. The van der Waals surface area contributed by atoms with Crippen molar-refractivity contribution in [2.75, 3.05) is 6.61 Å². The van der Waals surface area contributed by atoms with Crippen molar-refractivity contribution in [1.29, 1.82) is 0 Å². The number of nitrogens with zero attached hydrogens (tertiary/aromatic N) is 2. The summed E-state index contributed by atoms with van der Waals surface area (Å²) in [6, 6.07) is -0.315. The molecule has 1 aliphatic carbocycles. The van der Waals surface area contributed by atoms with Gasteiger partial charge in [0.05, 0.1) is 24.7 Å². The Morgan fingerprint density at radius 3 is 2.87 bits per heavy atom. The highest BCUT2D eigenvalue weighted by Crippen LogP contribution is 2.37. The number of hydrogen-bond donors (Lipinski definition) is 2. The van der Waals surface area contributed by atoms with Crippen molar-refractivity contribution >= 4 is 0 Å². The molecule has 0 aliphatic heterocycles. The molecule has 0 radical (unpaired) electrons. The van der Waals surface area contributed by atoms with Gasteiger partial charge >= 0.3 is 0 Å². The van der Waals surface area contributed by atoms with Gasteiger partial charge in [-0.2, -0.15) is 0 Å². The van der Waals surface area contributed by atoms with Gasteiger partial charge in [0.1, 0.15) is 0 Å². The molecule has 1 aliphatic rings. The molecular formula is C11H19N3O. The highest BCUT2D eigenvalue weighted by atomic mass is 16.3. The fourth-order valence-corrected chi connectivity index (χ4v) is 2.50. The van der Waals surface area contributed by atoms with Gasteiger partial charge in [-0.3, -0.25) is 0 Å². The maximum absolute atomic E-state index is 9.09. The quantitative estimate of drug-likeness (QED) is 0.785. The monoisotopic (exact) mass is 209 g/mol. The third-order valence-electron chi connectivity index (χ3n) is 3.51. The first kappa shape index (κ1) is 10.6. The van der Waals surface area contributed by atoms with E-state index < -0.39 is 0 Å². The summed E-state index contributed by atoms with van der Waals surface area (Å²) in [5.41, 5.74) is 6.95. The molecule has 1 heterocycles. The topological polar surface area (TPSA) is 64.1 Å². The average molecular weight is 209 g/mol. The van der Waals surface area contributed by atoms with Gasteiger partial charge in [0.15, 0.2) is 0 Å². The molecule has 0 amide bonds. The van der Waals surface area contributed by atoms with Crippen molar-refractivity contribution in [1.82, 2.24) is 9.55 Å². The van der Waals surface area contributed by atoms with Crippen molar-refractivity contribution in [2.24, 2.45) is 5.73 Å². The Kier molecular flexibility index (Phi) is 2.80. The molecule has 0 aromatic carbocycles. The van der Waals surface area contributed by atoms with E-state index in [0.29, 0.717) is 0 Å². The van der Waals surface area contributed by atoms with Gasteiger partial charge in [-0.1, -0.05) is 12.8 Å². The van der Waals surface area contributed by atoms with Gasteiger partial charge in [0, 0.05) is 11.7 Å². The summed E-state index contributed by atoms with van der Waals surface area (Å²) in [7, 11) is 0. The van der Waals surface area contributed by atoms with E-state index in [1.165, 1.54) is 25.7 Å². The summed E-state index contributed by atoms with van der Waals surface area (Å²) in [5.74, 6) is 0. The second kappa shape index (κ2) is 3.94. The highest BCUT2D eigenvalue weighted by molar-refractivity contribution is 5.09. The van der Waals surface area contributed by atoms with Crippen LogP contribution in [0.2, 0.25) is 0 Å². The molecule has 1 saturated carbocycles. The fraction of sp³-hybridized carbons (Fsp3) is 0.727. The Labute approximate surface area is 90.1 Å². The third-order valence-corrected chi connectivity index (χ3v) is 3.51. The molecule has 0 saturated heterocycles. The van der Waals surface area contributed by atoms with E-state index in [1.54, 1.807) is 6.20 Å². The van der Waals surface area contributed by atoms with Crippen LogP contribution in [-0.4, -0.2) is 21.3 Å². The van der Waals surface area contributed by atoms with Crippen LogP contribution in [0.25, 0.3) is 0 Å². The van der Waals surface area contributed by atoms with Gasteiger partial charge < -0.3 is 15.4 Å². The molecule has 15 heavy (non-hydrogen) atoms. The second-order valence-corrected chi connectivity index (χ2v) is 4.68. The number of hydrogen-bond acceptors (Lipinski definition) is 3. The summed E-state index contributed by atoms with van der Waals surface area (Å²) in [6.07, 6.45) is 8.49. The first-order chi connectivity index (χ1) is 7.17. The predicted molar refractivity (Wildman–Crippen MR) is 58.4 cm³/mol. The highest BCUT2D eigenvalue weighted by Gasteiger charge is 2.32. The minimum Gasteiger partial charge on any atom is -0.394 e. The summed E-state index contributed by atoms with van der Waals surface area (Å²) < 4.78 is 2.15. The smallest absolute Gasteiger partial charge is 0.0953 e. The Morgan fingerprint density at radius 2 is 2.27 bits per heavy atom. The molecule has 4 nitrogen and oxygen atoms in total. The summed E-state index contributed by atoms with van der Waals surface area (Å²) in [4.78, 5) is 4.15. The lowest BCUT2D eigenvalue weighted by Crippen LogP contribution is -2.30. The van der Waals surface area contributed by atoms with Crippen LogP contribution in [0, 0.1) is 0 Å². The van der Waals surface area contributed by atoms with Crippen LogP contribution in [-0.2, 0) is 5.54 Å². The van der Waals surface area contributed by atoms with Gasteiger partial charge in [0.25, 0.3) is 0 Å². The van der Waals surface area contributed by atoms with E-state index in [2.05, 4.69) is 16.5 Å². The van der Waals surface area contributed by atoms with Gasteiger partial charge in [-0.15, -0.1) is 0 Å². The molecule has 3 N–H and O–H groups in total. The molecule has 0 bridgehead atoms. The van der Waals surface area contributed by atoms with Crippen LogP contribution < -0.4 is 5.73 Å². The average Bonchev–Trinajstić information content (AvgIpc) is 2.85. The first-order valence-corrected chi connectivity index (χ1v) is 5.56. The zero-order valence-corrected chi connectivity index (χ0v) is 9.19. The first-order valence-electron chi connectivity index (χ1n) is 5.56. The van der Waals surface area contributed by atoms with Crippen molar-refractivity contribution in [2.45, 2.75) is 44.2 Å². The van der Waals surface area contributed by atoms with E-state index in [-0.39, 0.29) is 18.2 Å². The number of aromatic nitrogens is 2. The van der Waals surface area contributed by atoms with Crippen LogP contribution >= 0.6 is 0 Å². The third kappa shape index (κ3) is 1.79. The lowest BCUT2D eigenvalue weighted by atomic mass is 9.99. The van der Waals surface area contributed by atoms with E-state index in [9.17, 15) is 0 Å². The molecule has 1 aromatic rings. The zero-order valence-electron chi connectivity index (χ0n) is 9.19. The van der Waals surface area contributed by atoms with Crippen LogP contribution in [0.15, 0.2) is 12.5 Å². The lowest BCUT2D eigenvalue weighted by Gasteiger charge is -2.29. The molecule has 1 atom stereocenters. The van der Waals surface area contributed by atoms with Crippen LogP contribution in [0.3, 0.4) is 0 Å². The Hall–Kier alpha value is -0.870. The largest absolute Gasteiger partial charge is 0.394 e. The predicted octanol–water partition coefficient (Wildman–Crippen LogP) is 1.16. The molecule has 1 unspecified atom stereocenters. The maximum Gasteiger partial charge on any atom is 0.0953 e. The normalized spacial score (nSPS) is 21.8. The Morgan fingerprint density at radius 1 is 1.60 bits per heavy atom. The Bertz CT molecular complexity index is 328. The summed E-state index contributed by atoms with van der Waals surface area (Å²) in [5, 5.41) is 9.09. The molecule has 0 spiro atoms. The van der Waals surface area contributed by atoms with E-state index in [0.717, 1.165) is 5.69 Å². The van der Waals surface area contributed by atoms with Crippen LogP contribution in [0.4, 0.5) is 0 Å². The van der Waals surface area contributed by atoms with Gasteiger partial charge in [-0.05, 0) is 19.8 Å². The molecule has 4 heteroatoms. The SMILES string of the molecule is CC1(n2cncc2C(N)CO)CCCC1. The molecular weight excluding hydrogens is 190 g/mol. The molecule has 1 aromatic heterocycles. The van der Waals surface area contributed by atoms with Crippen molar-refractivity contribution < 1.29 is 5.11 Å². The van der Waals surface area contributed by atoms with Crippen molar-refractivity contribution in [3.8, 4) is 0 Å². The van der Waals surface area contributed by atoms with Gasteiger partial charge in [0.2, 0.25) is 0 Å². The van der Waals surface area contributed by atoms with Crippen LogP contribution in [0.1, 0.15) is 44.3 Å². The van der Waals surface area contributed by atoms with Crippen molar-refractivity contribution in [3.63, 3.8) is 0 Å². The summed E-state index contributed by atoms with van der Waals surface area (Å²) in [6.45, 7) is 2.22. The second-order valence-electron chi connectivity index (χ2n) is 4.68. The van der Waals surface area contributed by atoms with Crippen molar-refractivity contribution in [3.05, 3.63) is 18.2 Å². The Balaban J connectivity index is 2.31. The minimum absolute atomic E-state index is 0.0260. The number of nitrogens with two attached hydrogens (primary N) is 1. The standard InChI is InChI=1S/C11H19N3O/c1-11(4-2-3-5-11)14-8-13-6-10(14)9(12)7-15/h6,8-9,15H,2-5,7,12H2,1H3. The fourth-order valence-electron chi connectivity index (χ4n) is 2.50. The number of aliphatic hydroxyl groups excluding tert-OH is 1. The summed E-state index contributed by atoms with van der Waals surface area (Å²) >= 11 is 0. The van der Waals surface area contributed by atoms with Crippen LogP contribution in [0.5, 0.6) is 0 Å². The number of imidazole rings is 1. The molecule has 1 fully saturated rings. The lowest BCUT2D eigenvalue weighted by molar-refractivity contribution is 0.249. The minimum atomic E-state index is -0.315. The zero-order chi connectivity index (χ0) is 10.9.